The summed E-state index contributed by atoms with van der Waals surface area (Å²) in [5.74, 6) is 0. The standard InChI is InChI=1S/C8H11BrOS/c1-6(10)2-3-7-4-5-8(9)11-7/h4-6,10H,2-3H2,1H3/t6-/m1/s1. The summed E-state index contributed by atoms with van der Waals surface area (Å²) in [6.45, 7) is 1.82. The van der Waals surface area contributed by atoms with Gasteiger partial charge in [0.25, 0.3) is 0 Å². The first-order valence-electron chi connectivity index (χ1n) is 3.61. The maximum Gasteiger partial charge on any atom is 0.0701 e. The molecule has 11 heavy (non-hydrogen) atoms. The number of hydrogen-bond donors (Lipinski definition) is 1. The van der Waals surface area contributed by atoms with Crippen LogP contribution < -0.4 is 0 Å². The van der Waals surface area contributed by atoms with E-state index in [0.717, 1.165) is 16.6 Å². The van der Waals surface area contributed by atoms with Crippen LogP contribution in [0.15, 0.2) is 15.9 Å². The minimum Gasteiger partial charge on any atom is -0.393 e. The minimum absolute atomic E-state index is 0.184. The first-order chi connectivity index (χ1) is 5.18. The third-order valence-electron chi connectivity index (χ3n) is 1.44. The zero-order valence-electron chi connectivity index (χ0n) is 6.38. The van der Waals surface area contributed by atoms with Crippen molar-refractivity contribution in [2.75, 3.05) is 0 Å². The van der Waals surface area contributed by atoms with Crippen molar-refractivity contribution in [3.05, 3.63) is 20.8 Å². The topological polar surface area (TPSA) is 20.2 Å². The molecular formula is C8H11BrOS. The van der Waals surface area contributed by atoms with Crippen LogP contribution in [0.1, 0.15) is 18.2 Å². The molecule has 1 rings (SSSR count). The Labute approximate surface area is 79.2 Å². The molecule has 62 valence electrons. The highest BCUT2D eigenvalue weighted by molar-refractivity contribution is 9.11. The van der Waals surface area contributed by atoms with Crippen LogP contribution in [0.5, 0.6) is 0 Å². The van der Waals surface area contributed by atoms with E-state index in [1.807, 2.05) is 13.0 Å². The molecule has 1 atom stereocenters. The van der Waals surface area contributed by atoms with Gasteiger partial charge in [-0.25, -0.2) is 0 Å². The molecule has 1 aromatic rings. The molecule has 1 aromatic heterocycles. The van der Waals surface area contributed by atoms with Crippen molar-refractivity contribution in [3.63, 3.8) is 0 Å². The lowest BCUT2D eigenvalue weighted by atomic mass is 10.2. The van der Waals surface area contributed by atoms with E-state index in [9.17, 15) is 0 Å². The highest BCUT2D eigenvalue weighted by Gasteiger charge is 1.99. The summed E-state index contributed by atoms with van der Waals surface area (Å²) in [7, 11) is 0. The molecule has 0 aliphatic rings. The van der Waals surface area contributed by atoms with Crippen LogP contribution in [0.3, 0.4) is 0 Å². The van der Waals surface area contributed by atoms with Gasteiger partial charge >= 0.3 is 0 Å². The molecule has 3 heteroatoms. The number of aliphatic hydroxyl groups excluding tert-OH is 1. The molecule has 0 saturated carbocycles. The largest absolute Gasteiger partial charge is 0.393 e. The molecular weight excluding hydrogens is 224 g/mol. The van der Waals surface area contributed by atoms with Crippen LogP contribution in [0.4, 0.5) is 0 Å². The van der Waals surface area contributed by atoms with E-state index in [1.165, 1.54) is 4.88 Å². The van der Waals surface area contributed by atoms with Gasteiger partial charge in [-0.2, -0.15) is 0 Å². The van der Waals surface area contributed by atoms with Crippen molar-refractivity contribution in [1.82, 2.24) is 0 Å². The van der Waals surface area contributed by atoms with E-state index in [0.29, 0.717) is 0 Å². The van der Waals surface area contributed by atoms with E-state index < -0.39 is 0 Å². The van der Waals surface area contributed by atoms with E-state index in [2.05, 4.69) is 22.0 Å². The molecule has 1 nitrogen and oxygen atoms in total. The second-order valence-corrected chi connectivity index (χ2v) is 5.14. The molecule has 0 aromatic carbocycles. The lowest BCUT2D eigenvalue weighted by Crippen LogP contribution is -1.99. The molecule has 1 heterocycles. The van der Waals surface area contributed by atoms with Crippen LogP contribution in [0.25, 0.3) is 0 Å². The van der Waals surface area contributed by atoms with Crippen LogP contribution in [-0.2, 0) is 6.42 Å². The fourth-order valence-corrected chi connectivity index (χ4v) is 2.34. The summed E-state index contributed by atoms with van der Waals surface area (Å²) < 4.78 is 1.16. The molecule has 0 unspecified atom stereocenters. The molecule has 1 N–H and O–H groups in total. The Hall–Kier alpha value is 0.140. The first kappa shape index (κ1) is 9.23. The van der Waals surface area contributed by atoms with Crippen LogP contribution in [0.2, 0.25) is 0 Å². The zero-order chi connectivity index (χ0) is 8.27. The van der Waals surface area contributed by atoms with Gasteiger partial charge in [0.1, 0.15) is 0 Å². The molecule has 0 bridgehead atoms. The van der Waals surface area contributed by atoms with Crippen LogP contribution in [-0.4, -0.2) is 11.2 Å². The third kappa shape index (κ3) is 3.36. The summed E-state index contributed by atoms with van der Waals surface area (Å²) in [6.07, 6.45) is 1.65. The molecule has 0 spiro atoms. The van der Waals surface area contributed by atoms with Crippen molar-refractivity contribution in [1.29, 1.82) is 0 Å². The third-order valence-corrected chi connectivity index (χ3v) is 3.12. The van der Waals surface area contributed by atoms with Gasteiger partial charge in [-0.3, -0.25) is 0 Å². The number of aryl methyl sites for hydroxylation is 1. The molecule has 0 aliphatic heterocycles. The van der Waals surface area contributed by atoms with E-state index in [1.54, 1.807) is 11.3 Å². The Morgan fingerprint density at radius 3 is 2.82 bits per heavy atom. The Morgan fingerprint density at radius 1 is 1.64 bits per heavy atom. The molecule has 0 radical (unpaired) electrons. The van der Waals surface area contributed by atoms with Gasteiger partial charge in [0, 0.05) is 4.88 Å². The summed E-state index contributed by atoms with van der Waals surface area (Å²) in [4.78, 5) is 1.33. The number of rotatable bonds is 3. The predicted molar refractivity (Wildman–Crippen MR) is 52.0 cm³/mol. The smallest absolute Gasteiger partial charge is 0.0701 e. The van der Waals surface area contributed by atoms with Crippen molar-refractivity contribution in [2.45, 2.75) is 25.9 Å². The molecule has 0 saturated heterocycles. The Kier molecular flexibility index (Phi) is 3.55. The van der Waals surface area contributed by atoms with Crippen LogP contribution >= 0.6 is 27.3 Å². The second kappa shape index (κ2) is 4.24. The number of halogens is 1. The minimum atomic E-state index is -0.184. The summed E-state index contributed by atoms with van der Waals surface area (Å²) in [5, 5.41) is 9.01. The van der Waals surface area contributed by atoms with Gasteiger partial charge in [0.2, 0.25) is 0 Å². The van der Waals surface area contributed by atoms with Gasteiger partial charge in [0.15, 0.2) is 0 Å². The fraction of sp³-hybridized carbons (Fsp3) is 0.500. The van der Waals surface area contributed by atoms with Crippen molar-refractivity contribution < 1.29 is 5.11 Å². The van der Waals surface area contributed by atoms with Crippen molar-refractivity contribution >= 4 is 27.3 Å². The fourth-order valence-electron chi connectivity index (χ4n) is 0.837. The molecule has 0 fully saturated rings. The van der Waals surface area contributed by atoms with Crippen LogP contribution in [0, 0.1) is 0 Å². The first-order valence-corrected chi connectivity index (χ1v) is 5.21. The SMILES string of the molecule is C[C@@H](O)CCc1ccc(Br)s1. The summed E-state index contributed by atoms with van der Waals surface area (Å²) in [6, 6.07) is 4.14. The highest BCUT2D eigenvalue weighted by Crippen LogP contribution is 2.23. The average molecular weight is 235 g/mol. The zero-order valence-corrected chi connectivity index (χ0v) is 8.78. The van der Waals surface area contributed by atoms with E-state index in [4.69, 9.17) is 5.11 Å². The van der Waals surface area contributed by atoms with Crippen molar-refractivity contribution in [2.24, 2.45) is 0 Å². The Bertz CT molecular complexity index is 220. The Morgan fingerprint density at radius 2 is 2.36 bits per heavy atom. The Balaban J connectivity index is 2.39. The number of aliphatic hydroxyl groups is 1. The lowest BCUT2D eigenvalue weighted by molar-refractivity contribution is 0.185. The molecule has 0 aliphatic carbocycles. The highest BCUT2D eigenvalue weighted by atomic mass is 79.9. The van der Waals surface area contributed by atoms with Gasteiger partial charge in [-0.1, -0.05) is 0 Å². The maximum absolute atomic E-state index is 9.01. The van der Waals surface area contributed by atoms with Crippen molar-refractivity contribution in [3.8, 4) is 0 Å². The summed E-state index contributed by atoms with van der Waals surface area (Å²) in [5.41, 5.74) is 0. The van der Waals surface area contributed by atoms with Gasteiger partial charge < -0.3 is 5.11 Å². The van der Waals surface area contributed by atoms with Gasteiger partial charge in [0.05, 0.1) is 9.89 Å². The summed E-state index contributed by atoms with van der Waals surface area (Å²) >= 11 is 5.13. The number of hydrogen-bond acceptors (Lipinski definition) is 2. The normalized spacial score (nSPS) is 13.4. The number of thiophene rings is 1. The van der Waals surface area contributed by atoms with E-state index >= 15 is 0 Å². The predicted octanol–water partition coefficient (Wildman–Crippen LogP) is 2.82. The maximum atomic E-state index is 9.01. The quantitative estimate of drug-likeness (QED) is 0.854. The lowest BCUT2D eigenvalue weighted by Gasteiger charge is -2.00. The molecule has 0 amide bonds. The second-order valence-electron chi connectivity index (χ2n) is 2.59. The van der Waals surface area contributed by atoms with Gasteiger partial charge in [-0.15, -0.1) is 11.3 Å². The van der Waals surface area contributed by atoms with Gasteiger partial charge in [-0.05, 0) is 47.8 Å². The van der Waals surface area contributed by atoms with E-state index in [-0.39, 0.29) is 6.10 Å². The monoisotopic (exact) mass is 234 g/mol. The average Bonchev–Trinajstić information content (AvgIpc) is 2.31.